The van der Waals surface area contributed by atoms with Gasteiger partial charge in [0.2, 0.25) is 5.91 Å². The summed E-state index contributed by atoms with van der Waals surface area (Å²) in [6, 6.07) is 20.6. The lowest BCUT2D eigenvalue weighted by Gasteiger charge is -2.32. The molecule has 1 amide bonds. The number of aryl methyl sites for hydroxylation is 2. The minimum absolute atomic E-state index is 0.234. The zero-order valence-electron chi connectivity index (χ0n) is 17.1. The average molecular weight is 421 g/mol. The Morgan fingerprint density at radius 1 is 0.933 bits per heavy atom. The van der Waals surface area contributed by atoms with Crippen LogP contribution in [0.4, 0.5) is 5.69 Å². The minimum Gasteiger partial charge on any atom is -0.350 e. The molecule has 3 aromatic rings. The Hall–Kier alpha value is -3.12. The molecule has 0 fully saturated rings. The van der Waals surface area contributed by atoms with Crippen molar-refractivity contribution in [1.82, 2.24) is 5.32 Å². The standard InChI is InChI=1S/C24H24N2O3S/c1-3-18-11-12-22-21(14-18)20-9-4-5-10-23(20)30(28,29)26(22)16-24(27)25-15-19-8-6-7-17(2)13-19/h4-14H,3,15-16H2,1-2H3,(H,25,27). The number of nitrogens with zero attached hydrogens (tertiary/aromatic N) is 1. The van der Waals surface area contributed by atoms with Gasteiger partial charge in [0.1, 0.15) is 6.54 Å². The van der Waals surface area contributed by atoms with E-state index in [1.54, 1.807) is 18.2 Å². The number of rotatable bonds is 5. The summed E-state index contributed by atoms with van der Waals surface area (Å²) in [5.74, 6) is -0.343. The van der Waals surface area contributed by atoms with E-state index >= 15 is 0 Å². The van der Waals surface area contributed by atoms with Crippen molar-refractivity contribution in [3.05, 3.63) is 83.4 Å². The molecular formula is C24H24N2O3S. The first-order chi connectivity index (χ1) is 14.4. The highest BCUT2D eigenvalue weighted by molar-refractivity contribution is 7.93. The van der Waals surface area contributed by atoms with Crippen LogP contribution in [0.1, 0.15) is 23.6 Å². The molecule has 0 bridgehead atoms. The summed E-state index contributed by atoms with van der Waals surface area (Å²) >= 11 is 0. The number of sulfonamides is 1. The van der Waals surface area contributed by atoms with Gasteiger partial charge in [0.25, 0.3) is 10.0 Å². The molecule has 3 aromatic carbocycles. The topological polar surface area (TPSA) is 66.5 Å². The highest BCUT2D eigenvalue weighted by Gasteiger charge is 2.35. The third-order valence-corrected chi connectivity index (χ3v) is 7.16. The van der Waals surface area contributed by atoms with Crippen LogP contribution in [-0.4, -0.2) is 20.9 Å². The maximum Gasteiger partial charge on any atom is 0.265 e. The van der Waals surface area contributed by atoms with E-state index in [9.17, 15) is 13.2 Å². The SMILES string of the molecule is CCc1ccc2c(c1)-c1ccccc1S(=O)(=O)N2CC(=O)NCc1cccc(C)c1. The fraction of sp³-hybridized carbons (Fsp3) is 0.208. The molecule has 30 heavy (non-hydrogen) atoms. The van der Waals surface area contributed by atoms with E-state index in [0.717, 1.165) is 28.7 Å². The second-order valence-electron chi connectivity index (χ2n) is 7.48. The molecule has 1 aliphatic heterocycles. The molecule has 1 aliphatic rings. The summed E-state index contributed by atoms with van der Waals surface area (Å²) in [6.45, 7) is 4.14. The monoisotopic (exact) mass is 420 g/mol. The first-order valence-corrected chi connectivity index (χ1v) is 11.4. The maximum atomic E-state index is 13.3. The van der Waals surface area contributed by atoms with Crippen molar-refractivity contribution in [1.29, 1.82) is 0 Å². The molecule has 1 N–H and O–H groups in total. The largest absolute Gasteiger partial charge is 0.350 e. The van der Waals surface area contributed by atoms with Gasteiger partial charge in [-0.2, -0.15) is 0 Å². The predicted octanol–water partition coefficient (Wildman–Crippen LogP) is 4.05. The second-order valence-corrected chi connectivity index (χ2v) is 9.31. The Labute approximate surface area is 177 Å². The van der Waals surface area contributed by atoms with Crippen LogP contribution in [0.15, 0.2) is 71.6 Å². The molecule has 0 aliphatic carbocycles. The molecular weight excluding hydrogens is 396 g/mol. The minimum atomic E-state index is -3.83. The van der Waals surface area contributed by atoms with Crippen LogP contribution in [0.3, 0.4) is 0 Å². The molecule has 5 nitrogen and oxygen atoms in total. The molecule has 0 aromatic heterocycles. The van der Waals surface area contributed by atoms with Crippen LogP contribution >= 0.6 is 0 Å². The van der Waals surface area contributed by atoms with Gasteiger partial charge in [-0.25, -0.2) is 8.42 Å². The number of anilines is 1. The van der Waals surface area contributed by atoms with Gasteiger partial charge in [-0.05, 0) is 42.7 Å². The molecule has 0 radical (unpaired) electrons. The van der Waals surface area contributed by atoms with Crippen LogP contribution < -0.4 is 9.62 Å². The van der Waals surface area contributed by atoms with Crippen molar-refractivity contribution >= 4 is 21.6 Å². The molecule has 4 rings (SSSR count). The van der Waals surface area contributed by atoms with Gasteiger partial charge < -0.3 is 5.32 Å². The van der Waals surface area contributed by atoms with Crippen LogP contribution in [-0.2, 0) is 27.8 Å². The first-order valence-electron chi connectivity index (χ1n) is 9.97. The van der Waals surface area contributed by atoms with Crippen LogP contribution in [0.5, 0.6) is 0 Å². The molecule has 1 heterocycles. The second kappa shape index (κ2) is 7.95. The van der Waals surface area contributed by atoms with E-state index in [1.165, 1.54) is 4.31 Å². The fourth-order valence-corrected chi connectivity index (χ4v) is 5.43. The highest BCUT2D eigenvalue weighted by atomic mass is 32.2. The number of amides is 1. The van der Waals surface area contributed by atoms with E-state index in [0.29, 0.717) is 17.8 Å². The summed E-state index contributed by atoms with van der Waals surface area (Å²) in [5.41, 5.74) is 5.26. The average Bonchev–Trinajstić information content (AvgIpc) is 2.75. The van der Waals surface area contributed by atoms with Crippen molar-refractivity contribution < 1.29 is 13.2 Å². The number of benzene rings is 3. The van der Waals surface area contributed by atoms with E-state index in [4.69, 9.17) is 0 Å². The van der Waals surface area contributed by atoms with Gasteiger partial charge in [-0.1, -0.05) is 61.0 Å². The van der Waals surface area contributed by atoms with Crippen molar-refractivity contribution in [3.8, 4) is 11.1 Å². The highest BCUT2D eigenvalue weighted by Crippen LogP contribution is 2.43. The van der Waals surface area contributed by atoms with Gasteiger partial charge in [0, 0.05) is 17.7 Å². The molecule has 0 saturated heterocycles. The van der Waals surface area contributed by atoms with Crippen molar-refractivity contribution in [2.24, 2.45) is 0 Å². The van der Waals surface area contributed by atoms with Crippen LogP contribution in [0.2, 0.25) is 0 Å². The van der Waals surface area contributed by atoms with Gasteiger partial charge in [-0.3, -0.25) is 9.10 Å². The summed E-state index contributed by atoms with van der Waals surface area (Å²) in [5, 5.41) is 2.84. The summed E-state index contributed by atoms with van der Waals surface area (Å²) in [6.07, 6.45) is 0.846. The molecule has 6 heteroatoms. The number of nitrogens with one attached hydrogen (secondary N) is 1. The number of hydrogen-bond donors (Lipinski definition) is 1. The Morgan fingerprint density at radius 3 is 2.50 bits per heavy atom. The van der Waals surface area contributed by atoms with Crippen molar-refractivity contribution in [3.63, 3.8) is 0 Å². The van der Waals surface area contributed by atoms with Crippen LogP contribution in [0, 0.1) is 6.92 Å². The Balaban J connectivity index is 1.65. The van der Waals surface area contributed by atoms with E-state index in [1.807, 2.05) is 55.5 Å². The normalized spacial score (nSPS) is 14.0. The Kier molecular flexibility index (Phi) is 5.35. The molecule has 0 spiro atoms. The number of fused-ring (bicyclic) bond motifs is 3. The van der Waals surface area contributed by atoms with Gasteiger partial charge in [-0.15, -0.1) is 0 Å². The summed E-state index contributed by atoms with van der Waals surface area (Å²) in [4.78, 5) is 12.9. The van der Waals surface area contributed by atoms with E-state index in [2.05, 4.69) is 12.2 Å². The van der Waals surface area contributed by atoms with Crippen molar-refractivity contribution in [2.75, 3.05) is 10.8 Å². The van der Waals surface area contributed by atoms with Gasteiger partial charge in [0.05, 0.1) is 10.6 Å². The zero-order chi connectivity index (χ0) is 21.3. The third-order valence-electron chi connectivity index (χ3n) is 5.34. The maximum absolute atomic E-state index is 13.3. The number of carbonyl (C=O) groups excluding carboxylic acids is 1. The lowest BCUT2D eigenvalue weighted by molar-refractivity contribution is -0.119. The Bertz CT molecular complexity index is 1220. The molecule has 154 valence electrons. The first kappa shape index (κ1) is 20.2. The van der Waals surface area contributed by atoms with Gasteiger partial charge >= 0.3 is 0 Å². The summed E-state index contributed by atoms with van der Waals surface area (Å²) < 4.78 is 27.9. The smallest absolute Gasteiger partial charge is 0.265 e. The summed E-state index contributed by atoms with van der Waals surface area (Å²) in [7, 11) is -3.83. The molecule has 0 unspecified atom stereocenters. The fourth-order valence-electron chi connectivity index (χ4n) is 3.78. The van der Waals surface area contributed by atoms with Gasteiger partial charge in [0.15, 0.2) is 0 Å². The molecule has 0 saturated carbocycles. The lowest BCUT2D eigenvalue weighted by atomic mass is 9.99. The predicted molar refractivity (Wildman–Crippen MR) is 119 cm³/mol. The van der Waals surface area contributed by atoms with Crippen LogP contribution in [0.25, 0.3) is 11.1 Å². The quantitative estimate of drug-likeness (QED) is 0.677. The third kappa shape index (κ3) is 3.71. The van der Waals surface area contributed by atoms with E-state index in [-0.39, 0.29) is 17.3 Å². The molecule has 0 atom stereocenters. The van der Waals surface area contributed by atoms with Crippen molar-refractivity contribution in [2.45, 2.75) is 31.7 Å². The number of hydrogen-bond acceptors (Lipinski definition) is 3. The van der Waals surface area contributed by atoms with E-state index < -0.39 is 10.0 Å². The lowest BCUT2D eigenvalue weighted by Crippen LogP contribution is -2.42. The zero-order valence-corrected chi connectivity index (χ0v) is 17.9. The Morgan fingerprint density at radius 2 is 1.73 bits per heavy atom. The number of carbonyl (C=O) groups is 1.